The molecule has 82 valence electrons. The summed E-state index contributed by atoms with van der Waals surface area (Å²) in [5.74, 6) is -0.333. The zero-order valence-electron chi connectivity index (χ0n) is 9.14. The van der Waals surface area contributed by atoms with Crippen molar-refractivity contribution in [1.29, 1.82) is 0 Å². The summed E-state index contributed by atoms with van der Waals surface area (Å²) in [4.78, 5) is 16.5. The Kier molecular flexibility index (Phi) is 4.12. The van der Waals surface area contributed by atoms with Gasteiger partial charge in [-0.1, -0.05) is 18.2 Å². The molecule has 0 unspecified atom stereocenters. The first-order valence-electron chi connectivity index (χ1n) is 4.67. The summed E-state index contributed by atoms with van der Waals surface area (Å²) in [5.41, 5.74) is 0.818. The predicted octanol–water partition coefficient (Wildman–Crippen LogP) is 1.62. The molecule has 0 heterocycles. The van der Waals surface area contributed by atoms with Gasteiger partial charge in [0.05, 0.1) is 19.9 Å². The molecule has 1 aromatic rings. The number of hydrogen-bond donors (Lipinski definition) is 0. The maximum Gasteiger partial charge on any atom is 0.330 e. The number of esters is 1. The topological polar surface area (TPSA) is 38.8 Å². The van der Waals surface area contributed by atoms with Crippen molar-refractivity contribution in [1.82, 2.24) is 0 Å². The second kappa shape index (κ2) is 5.36. The van der Waals surface area contributed by atoms with E-state index in [9.17, 15) is 4.79 Å². The minimum absolute atomic E-state index is 0.333. The molecule has 0 aliphatic carbocycles. The molecule has 1 atom stereocenters. The largest absolute Gasteiger partial charge is 0.467 e. The zero-order chi connectivity index (χ0) is 11.3. The summed E-state index contributed by atoms with van der Waals surface area (Å²) in [6.07, 6.45) is 0. The zero-order valence-corrected chi connectivity index (χ0v) is 9.14. The average molecular weight is 209 g/mol. The minimum atomic E-state index is -0.470. The van der Waals surface area contributed by atoms with Gasteiger partial charge in [-0.05, 0) is 19.1 Å². The van der Waals surface area contributed by atoms with Gasteiger partial charge in [0, 0.05) is 0 Å². The number of hydrogen-bond acceptors (Lipinski definition) is 4. The van der Waals surface area contributed by atoms with Crippen LogP contribution in [-0.2, 0) is 14.4 Å². The Morgan fingerprint density at radius 2 is 1.87 bits per heavy atom. The van der Waals surface area contributed by atoms with Crippen LogP contribution in [0.3, 0.4) is 0 Å². The lowest BCUT2D eigenvalue weighted by Gasteiger charge is -2.26. The number of ether oxygens (including phenoxy) is 1. The van der Waals surface area contributed by atoms with Gasteiger partial charge < -0.3 is 4.74 Å². The van der Waals surface area contributed by atoms with E-state index in [-0.39, 0.29) is 5.97 Å². The Morgan fingerprint density at radius 1 is 1.27 bits per heavy atom. The molecule has 0 saturated heterocycles. The second-order valence-electron chi connectivity index (χ2n) is 3.04. The number of hydroxylamine groups is 1. The van der Waals surface area contributed by atoms with Gasteiger partial charge >= 0.3 is 5.97 Å². The van der Waals surface area contributed by atoms with Crippen molar-refractivity contribution in [3.63, 3.8) is 0 Å². The smallest absolute Gasteiger partial charge is 0.330 e. The normalized spacial score (nSPS) is 11.9. The molecule has 0 amide bonds. The predicted molar refractivity (Wildman–Crippen MR) is 57.4 cm³/mol. The van der Waals surface area contributed by atoms with Crippen LogP contribution in [0.5, 0.6) is 0 Å². The van der Waals surface area contributed by atoms with Crippen molar-refractivity contribution in [2.45, 2.75) is 13.0 Å². The molecule has 0 fully saturated rings. The van der Waals surface area contributed by atoms with E-state index in [0.717, 1.165) is 5.69 Å². The molecule has 0 bridgehead atoms. The molecular weight excluding hydrogens is 194 g/mol. The molecule has 1 aromatic carbocycles. The molecule has 0 radical (unpaired) electrons. The maximum absolute atomic E-state index is 11.3. The molecular formula is C11H15NO3. The molecule has 0 aromatic heterocycles. The molecule has 0 aliphatic heterocycles. The van der Waals surface area contributed by atoms with Crippen LogP contribution in [0.25, 0.3) is 0 Å². The monoisotopic (exact) mass is 209 g/mol. The third-order valence-electron chi connectivity index (χ3n) is 2.10. The van der Waals surface area contributed by atoms with Gasteiger partial charge in [0.1, 0.15) is 0 Å². The summed E-state index contributed by atoms with van der Waals surface area (Å²) in [6, 6.07) is 8.92. The molecule has 0 saturated carbocycles. The molecule has 4 heteroatoms. The van der Waals surface area contributed by atoms with Gasteiger partial charge in [-0.25, -0.2) is 9.86 Å². The number of nitrogens with zero attached hydrogens (tertiary/aromatic N) is 1. The van der Waals surface area contributed by atoms with Gasteiger partial charge in [-0.2, -0.15) is 0 Å². The van der Waals surface area contributed by atoms with Crippen molar-refractivity contribution in [2.24, 2.45) is 0 Å². The second-order valence-corrected chi connectivity index (χ2v) is 3.04. The lowest BCUT2D eigenvalue weighted by molar-refractivity contribution is -0.143. The summed E-state index contributed by atoms with van der Waals surface area (Å²) in [5, 5.41) is 1.51. The van der Waals surface area contributed by atoms with Crippen LogP contribution < -0.4 is 5.06 Å². The van der Waals surface area contributed by atoms with Crippen molar-refractivity contribution >= 4 is 11.7 Å². The van der Waals surface area contributed by atoms with Crippen LogP contribution in [0.1, 0.15) is 6.92 Å². The quantitative estimate of drug-likeness (QED) is 0.558. The molecule has 4 nitrogen and oxygen atoms in total. The Hall–Kier alpha value is -1.55. The van der Waals surface area contributed by atoms with E-state index in [1.165, 1.54) is 19.3 Å². The third-order valence-corrected chi connectivity index (χ3v) is 2.10. The number of anilines is 1. The highest BCUT2D eigenvalue weighted by atomic mass is 16.7. The molecule has 1 rings (SSSR count). The van der Waals surface area contributed by atoms with Gasteiger partial charge in [0.2, 0.25) is 0 Å². The third kappa shape index (κ3) is 2.70. The van der Waals surface area contributed by atoms with Gasteiger partial charge in [-0.15, -0.1) is 0 Å². The standard InChI is InChI=1S/C11H15NO3/c1-9(11(13)14-2)12(15-3)10-7-5-4-6-8-10/h4-9H,1-3H3/t9-/m0/s1. The Bertz CT molecular complexity index is 313. The van der Waals surface area contributed by atoms with Crippen LogP contribution in [0.4, 0.5) is 5.69 Å². The molecule has 15 heavy (non-hydrogen) atoms. The number of carbonyl (C=O) groups is 1. The molecule has 0 aliphatic rings. The van der Waals surface area contributed by atoms with E-state index < -0.39 is 6.04 Å². The maximum atomic E-state index is 11.3. The van der Waals surface area contributed by atoms with Crippen LogP contribution in [0.15, 0.2) is 30.3 Å². The van der Waals surface area contributed by atoms with Crippen LogP contribution in [-0.4, -0.2) is 26.2 Å². The van der Waals surface area contributed by atoms with Crippen molar-refractivity contribution in [3.05, 3.63) is 30.3 Å². The van der Waals surface area contributed by atoms with Crippen LogP contribution >= 0.6 is 0 Å². The van der Waals surface area contributed by atoms with Crippen LogP contribution in [0, 0.1) is 0 Å². The fourth-order valence-electron chi connectivity index (χ4n) is 1.33. The number of benzene rings is 1. The first-order valence-corrected chi connectivity index (χ1v) is 4.67. The summed E-state index contributed by atoms with van der Waals surface area (Å²) in [7, 11) is 2.88. The molecule has 0 spiro atoms. The Labute approximate surface area is 89.4 Å². The van der Waals surface area contributed by atoms with Gasteiger partial charge in [-0.3, -0.25) is 4.84 Å². The Balaban J connectivity index is 2.85. The lowest BCUT2D eigenvalue weighted by atomic mass is 10.2. The van der Waals surface area contributed by atoms with Crippen molar-refractivity contribution in [2.75, 3.05) is 19.3 Å². The average Bonchev–Trinajstić information content (AvgIpc) is 2.30. The number of carbonyl (C=O) groups excluding carboxylic acids is 1. The summed E-state index contributed by atoms with van der Waals surface area (Å²) < 4.78 is 4.66. The molecule has 0 N–H and O–H groups in total. The van der Waals surface area contributed by atoms with Gasteiger partial charge in [0.25, 0.3) is 0 Å². The minimum Gasteiger partial charge on any atom is -0.467 e. The van der Waals surface area contributed by atoms with Crippen molar-refractivity contribution < 1.29 is 14.4 Å². The van der Waals surface area contributed by atoms with E-state index in [0.29, 0.717) is 0 Å². The number of para-hydroxylation sites is 1. The fraction of sp³-hybridized carbons (Fsp3) is 0.364. The van der Waals surface area contributed by atoms with Gasteiger partial charge in [0.15, 0.2) is 6.04 Å². The van der Waals surface area contributed by atoms with E-state index >= 15 is 0 Å². The first kappa shape index (κ1) is 11.5. The SMILES string of the molecule is COC(=O)[C@H](C)N(OC)c1ccccc1. The van der Waals surface area contributed by atoms with E-state index in [4.69, 9.17) is 4.84 Å². The first-order chi connectivity index (χ1) is 7.20. The Morgan fingerprint density at radius 3 is 2.33 bits per heavy atom. The number of rotatable bonds is 4. The number of methoxy groups -OCH3 is 1. The fourth-order valence-corrected chi connectivity index (χ4v) is 1.33. The van der Waals surface area contributed by atoms with E-state index in [2.05, 4.69) is 4.74 Å². The highest BCUT2D eigenvalue weighted by molar-refractivity contribution is 5.78. The van der Waals surface area contributed by atoms with E-state index in [1.54, 1.807) is 6.92 Å². The van der Waals surface area contributed by atoms with Crippen molar-refractivity contribution in [3.8, 4) is 0 Å². The highest BCUT2D eigenvalue weighted by Crippen LogP contribution is 2.16. The lowest BCUT2D eigenvalue weighted by Crippen LogP contribution is -2.39. The van der Waals surface area contributed by atoms with Crippen LogP contribution in [0.2, 0.25) is 0 Å². The highest BCUT2D eigenvalue weighted by Gasteiger charge is 2.22. The van der Waals surface area contributed by atoms with E-state index in [1.807, 2.05) is 30.3 Å². The summed E-state index contributed by atoms with van der Waals surface area (Å²) in [6.45, 7) is 1.72. The summed E-state index contributed by atoms with van der Waals surface area (Å²) >= 11 is 0.